The molecule has 2 saturated carbocycles. The first-order valence-electron chi connectivity index (χ1n) is 15.4. The Bertz CT molecular complexity index is 1240. The fourth-order valence-corrected chi connectivity index (χ4v) is 9.30. The van der Waals surface area contributed by atoms with Gasteiger partial charge in [0.1, 0.15) is 0 Å². The van der Waals surface area contributed by atoms with E-state index in [2.05, 4.69) is 29.0 Å². The van der Waals surface area contributed by atoms with Crippen LogP contribution < -0.4 is 10.5 Å². The fourth-order valence-electron chi connectivity index (χ4n) is 9.30. The molecule has 6 heteroatoms. The zero-order valence-corrected chi connectivity index (χ0v) is 23.0. The molecule has 1 aromatic carbocycles. The van der Waals surface area contributed by atoms with Crippen LogP contribution >= 0.6 is 0 Å². The average Bonchev–Trinajstić information content (AvgIpc) is 2.86. The minimum atomic E-state index is 0.0290. The van der Waals surface area contributed by atoms with E-state index in [4.69, 9.17) is 4.98 Å². The third kappa shape index (κ3) is 4.18. The van der Waals surface area contributed by atoms with E-state index in [1.807, 2.05) is 23.1 Å². The van der Waals surface area contributed by atoms with Crippen molar-refractivity contribution in [1.82, 2.24) is 14.5 Å². The maximum Gasteiger partial charge on any atom is 0.294 e. The standard InChI is InChI=1S/C32H44N4O2/c1-3-21-11-22-13-23(12-21)15-27(14-22)35-25-7-6-8-26(35)17-28(16-25)36-30-10-5-4-9-29(30)33-31(32(36)38)34-18-24(19-34)20(2)37/h4-5,9-10,21-28,37H,2-3,6-8,11-19H2,1H3. The van der Waals surface area contributed by atoms with Gasteiger partial charge in [0.25, 0.3) is 5.56 Å². The Kier molecular flexibility index (Phi) is 6.29. The van der Waals surface area contributed by atoms with Crippen molar-refractivity contribution < 1.29 is 5.11 Å². The highest BCUT2D eigenvalue weighted by molar-refractivity contribution is 5.76. The molecular formula is C32H44N4O2. The molecule has 2 aromatic rings. The molecule has 4 heterocycles. The predicted molar refractivity (Wildman–Crippen MR) is 153 cm³/mol. The Morgan fingerprint density at radius 2 is 1.63 bits per heavy atom. The number of para-hydroxylation sites is 2. The van der Waals surface area contributed by atoms with Crippen molar-refractivity contribution in [2.75, 3.05) is 18.0 Å². The summed E-state index contributed by atoms with van der Waals surface area (Å²) in [5.74, 6) is 3.60. The molecular weight excluding hydrogens is 472 g/mol. The van der Waals surface area contributed by atoms with Crippen LogP contribution in [0.5, 0.6) is 0 Å². The lowest BCUT2D eigenvalue weighted by atomic mass is 9.64. The zero-order valence-electron chi connectivity index (χ0n) is 23.0. The number of piperidine rings is 2. The molecule has 4 bridgehead atoms. The van der Waals surface area contributed by atoms with Crippen LogP contribution in [0.15, 0.2) is 41.4 Å². The predicted octanol–water partition coefficient (Wildman–Crippen LogP) is 6.07. The molecule has 5 aliphatic rings. The highest BCUT2D eigenvalue weighted by Gasteiger charge is 2.46. The molecule has 6 nitrogen and oxygen atoms in total. The molecule has 204 valence electrons. The molecule has 4 atom stereocenters. The third-order valence-corrected chi connectivity index (χ3v) is 11.0. The molecule has 1 N–H and O–H groups in total. The smallest absolute Gasteiger partial charge is 0.294 e. The van der Waals surface area contributed by atoms with Crippen molar-refractivity contribution in [1.29, 1.82) is 0 Å². The first-order valence-corrected chi connectivity index (χ1v) is 15.4. The number of benzene rings is 1. The number of hydrogen-bond donors (Lipinski definition) is 1. The second-order valence-corrected chi connectivity index (χ2v) is 13.3. The highest BCUT2D eigenvalue weighted by atomic mass is 16.3. The van der Waals surface area contributed by atoms with Crippen LogP contribution in [0, 0.1) is 23.7 Å². The lowest BCUT2D eigenvalue weighted by molar-refractivity contribution is -0.0534. The van der Waals surface area contributed by atoms with E-state index in [1.54, 1.807) is 0 Å². The van der Waals surface area contributed by atoms with Gasteiger partial charge in [0, 0.05) is 37.3 Å². The van der Waals surface area contributed by atoms with E-state index >= 15 is 0 Å². The van der Waals surface area contributed by atoms with Crippen LogP contribution in [0.2, 0.25) is 0 Å². The summed E-state index contributed by atoms with van der Waals surface area (Å²) < 4.78 is 2.11. The number of fused-ring (bicyclic) bond motifs is 5. The van der Waals surface area contributed by atoms with Gasteiger partial charge in [-0.25, -0.2) is 4.98 Å². The van der Waals surface area contributed by atoms with E-state index < -0.39 is 0 Å². The Hall–Kier alpha value is -2.34. The number of aliphatic hydroxyl groups is 1. The molecule has 0 spiro atoms. The Morgan fingerprint density at radius 3 is 2.29 bits per heavy atom. The summed E-state index contributed by atoms with van der Waals surface area (Å²) >= 11 is 0. The summed E-state index contributed by atoms with van der Waals surface area (Å²) in [5.41, 5.74) is 1.91. The Labute approximate surface area is 226 Å². The van der Waals surface area contributed by atoms with E-state index in [-0.39, 0.29) is 23.3 Å². The largest absolute Gasteiger partial charge is 0.513 e. The van der Waals surface area contributed by atoms with Crippen LogP contribution in [0.4, 0.5) is 5.82 Å². The summed E-state index contributed by atoms with van der Waals surface area (Å²) in [6.45, 7) is 7.31. The molecule has 0 radical (unpaired) electrons. The number of nitrogens with zero attached hydrogens (tertiary/aromatic N) is 4. The molecule has 3 saturated heterocycles. The van der Waals surface area contributed by atoms with Gasteiger partial charge in [0.2, 0.25) is 0 Å². The second kappa shape index (κ2) is 9.69. The van der Waals surface area contributed by atoms with Gasteiger partial charge < -0.3 is 14.6 Å². The molecule has 7 rings (SSSR count). The van der Waals surface area contributed by atoms with Gasteiger partial charge in [-0.3, -0.25) is 9.69 Å². The number of hydrogen-bond acceptors (Lipinski definition) is 5. The molecule has 1 aromatic heterocycles. The van der Waals surface area contributed by atoms with Crippen LogP contribution in [0.3, 0.4) is 0 Å². The molecule has 5 fully saturated rings. The number of aromatic nitrogens is 2. The minimum Gasteiger partial charge on any atom is -0.513 e. The third-order valence-electron chi connectivity index (χ3n) is 11.0. The quantitative estimate of drug-likeness (QED) is 0.489. The fraction of sp³-hybridized carbons (Fsp3) is 0.688. The number of rotatable bonds is 5. The van der Waals surface area contributed by atoms with Gasteiger partial charge in [-0.15, -0.1) is 0 Å². The van der Waals surface area contributed by atoms with Gasteiger partial charge in [-0.2, -0.15) is 0 Å². The summed E-state index contributed by atoms with van der Waals surface area (Å²) in [6.07, 6.45) is 14.6. The normalized spacial score (nSPS) is 35.7. The van der Waals surface area contributed by atoms with Crippen LogP contribution in [0.1, 0.15) is 83.6 Å². The van der Waals surface area contributed by atoms with Crippen molar-refractivity contribution in [3.63, 3.8) is 0 Å². The first kappa shape index (κ1) is 24.7. The topological polar surface area (TPSA) is 61.6 Å². The van der Waals surface area contributed by atoms with Crippen LogP contribution in [-0.2, 0) is 0 Å². The van der Waals surface area contributed by atoms with Crippen molar-refractivity contribution in [2.45, 2.75) is 102 Å². The van der Waals surface area contributed by atoms with Crippen molar-refractivity contribution in [3.8, 4) is 0 Å². The van der Waals surface area contributed by atoms with Gasteiger partial charge in [-0.05, 0) is 87.7 Å². The van der Waals surface area contributed by atoms with Crippen LogP contribution in [0.25, 0.3) is 11.0 Å². The second-order valence-electron chi connectivity index (χ2n) is 13.3. The molecule has 3 aliphatic heterocycles. The SMILES string of the molecule is C=C(O)C1CN(c2nc3ccccc3n(C3CC4CCCC(C3)N4C3CC4CC(CC)CC(C4)C3)c2=O)C1. The maximum absolute atomic E-state index is 14.0. The van der Waals surface area contributed by atoms with Gasteiger partial charge in [-0.1, -0.05) is 38.5 Å². The highest BCUT2D eigenvalue weighted by Crippen LogP contribution is 2.49. The lowest BCUT2D eigenvalue weighted by Crippen LogP contribution is -2.59. The Morgan fingerprint density at radius 1 is 0.947 bits per heavy atom. The molecule has 2 aliphatic carbocycles. The van der Waals surface area contributed by atoms with Crippen LogP contribution in [-0.4, -0.2) is 50.8 Å². The van der Waals surface area contributed by atoms with E-state index in [9.17, 15) is 9.90 Å². The van der Waals surface area contributed by atoms with Crippen molar-refractivity contribution >= 4 is 16.9 Å². The van der Waals surface area contributed by atoms with Crippen molar-refractivity contribution in [3.05, 3.63) is 47.0 Å². The van der Waals surface area contributed by atoms with Gasteiger partial charge in [0.15, 0.2) is 5.82 Å². The first-order chi connectivity index (χ1) is 18.5. The van der Waals surface area contributed by atoms with Gasteiger partial charge in [0.05, 0.1) is 22.7 Å². The monoisotopic (exact) mass is 516 g/mol. The van der Waals surface area contributed by atoms with E-state index in [1.165, 1.54) is 57.8 Å². The van der Waals surface area contributed by atoms with E-state index in [0.29, 0.717) is 31.0 Å². The minimum absolute atomic E-state index is 0.0290. The molecule has 0 amide bonds. The summed E-state index contributed by atoms with van der Waals surface area (Å²) in [5, 5.41) is 9.81. The lowest BCUT2D eigenvalue weighted by Gasteiger charge is -2.56. The Balaban J connectivity index is 1.17. The number of aliphatic hydroxyl groups excluding tert-OH is 1. The molecule has 4 unspecified atom stereocenters. The summed E-state index contributed by atoms with van der Waals surface area (Å²) in [7, 11) is 0. The zero-order chi connectivity index (χ0) is 26.0. The van der Waals surface area contributed by atoms with E-state index in [0.717, 1.165) is 47.7 Å². The summed E-state index contributed by atoms with van der Waals surface area (Å²) in [4.78, 5) is 23.9. The van der Waals surface area contributed by atoms with Gasteiger partial charge >= 0.3 is 0 Å². The summed E-state index contributed by atoms with van der Waals surface area (Å²) in [6, 6.07) is 10.3. The number of anilines is 1. The average molecular weight is 517 g/mol. The van der Waals surface area contributed by atoms with Crippen molar-refractivity contribution in [2.24, 2.45) is 23.7 Å². The molecule has 38 heavy (non-hydrogen) atoms. The maximum atomic E-state index is 14.0.